The second-order valence-corrected chi connectivity index (χ2v) is 7.63. The van der Waals surface area contributed by atoms with Crippen LogP contribution in [0.1, 0.15) is 13.8 Å². The number of ether oxygens (including phenoxy) is 1. The Morgan fingerprint density at radius 1 is 1.10 bits per heavy atom. The number of benzene rings is 1. The Morgan fingerprint density at radius 3 is 2.38 bits per heavy atom. The van der Waals surface area contributed by atoms with Crippen molar-refractivity contribution in [3.63, 3.8) is 0 Å². The van der Waals surface area contributed by atoms with Crippen molar-refractivity contribution in [2.45, 2.75) is 19.4 Å². The van der Waals surface area contributed by atoms with Gasteiger partial charge in [-0.1, -0.05) is 0 Å². The van der Waals surface area contributed by atoms with Crippen LogP contribution < -0.4 is 10.6 Å². The van der Waals surface area contributed by atoms with Crippen LogP contribution >= 0.6 is 0 Å². The van der Waals surface area contributed by atoms with E-state index in [0.717, 1.165) is 25.2 Å². The number of amides is 2. The molecule has 1 fully saturated rings. The molecule has 29 heavy (non-hydrogen) atoms. The average Bonchev–Trinajstić information content (AvgIpc) is 2.67. The smallest absolute Gasteiger partial charge is 0.238 e. The van der Waals surface area contributed by atoms with E-state index >= 15 is 0 Å². The van der Waals surface area contributed by atoms with Gasteiger partial charge in [0.1, 0.15) is 0 Å². The van der Waals surface area contributed by atoms with Crippen LogP contribution in [0.25, 0.3) is 0 Å². The topological polar surface area (TPSA) is 73.9 Å². The molecule has 0 bridgehead atoms. The van der Waals surface area contributed by atoms with E-state index in [-0.39, 0.29) is 24.5 Å². The van der Waals surface area contributed by atoms with Crippen LogP contribution in [0.5, 0.6) is 0 Å². The Kier molecular flexibility index (Phi) is 8.00. The van der Waals surface area contributed by atoms with Crippen molar-refractivity contribution in [3.8, 4) is 0 Å². The maximum atomic E-state index is 13.6. The molecule has 2 rings (SSSR count). The summed E-state index contributed by atoms with van der Waals surface area (Å²) < 4.78 is 45.1. The van der Waals surface area contributed by atoms with E-state index < -0.39 is 29.0 Å². The second kappa shape index (κ2) is 10.0. The number of carbonyl (C=O) groups excluding carboxylic acids is 2. The molecule has 0 saturated carbocycles. The lowest BCUT2D eigenvalue weighted by atomic mass is 10.0. The molecule has 1 aromatic carbocycles. The lowest BCUT2D eigenvalue weighted by Crippen LogP contribution is -2.56. The van der Waals surface area contributed by atoms with Gasteiger partial charge in [-0.05, 0) is 33.0 Å². The number of rotatable bonds is 8. The first-order chi connectivity index (χ1) is 13.6. The zero-order valence-corrected chi connectivity index (χ0v) is 16.9. The first-order valence-corrected chi connectivity index (χ1v) is 9.31. The number of nitrogens with zero attached hydrogens (tertiary/aromatic N) is 2. The molecule has 1 aliphatic heterocycles. The third kappa shape index (κ3) is 6.69. The van der Waals surface area contributed by atoms with Gasteiger partial charge in [0.05, 0.1) is 32.0 Å². The van der Waals surface area contributed by atoms with Gasteiger partial charge < -0.3 is 15.4 Å². The van der Waals surface area contributed by atoms with Gasteiger partial charge >= 0.3 is 0 Å². The van der Waals surface area contributed by atoms with Crippen molar-refractivity contribution in [2.75, 3.05) is 58.3 Å². The molecule has 0 atom stereocenters. The third-order valence-electron chi connectivity index (χ3n) is 4.72. The van der Waals surface area contributed by atoms with Crippen LogP contribution in [0.15, 0.2) is 12.1 Å². The maximum Gasteiger partial charge on any atom is 0.238 e. The minimum absolute atomic E-state index is 0.0487. The number of hydrogen-bond acceptors (Lipinski definition) is 5. The van der Waals surface area contributed by atoms with Crippen molar-refractivity contribution in [1.82, 2.24) is 15.1 Å². The van der Waals surface area contributed by atoms with Gasteiger partial charge in [0.25, 0.3) is 0 Å². The van der Waals surface area contributed by atoms with E-state index in [0.29, 0.717) is 19.8 Å². The minimum atomic E-state index is -1.65. The van der Waals surface area contributed by atoms with E-state index in [2.05, 4.69) is 15.5 Å². The summed E-state index contributed by atoms with van der Waals surface area (Å²) in [6.07, 6.45) is 0. The Labute approximate surface area is 168 Å². The zero-order chi connectivity index (χ0) is 21.6. The van der Waals surface area contributed by atoms with Crippen molar-refractivity contribution in [1.29, 1.82) is 0 Å². The normalized spacial score (nSPS) is 15.4. The summed E-state index contributed by atoms with van der Waals surface area (Å²) in [4.78, 5) is 27.8. The fourth-order valence-corrected chi connectivity index (χ4v) is 3.01. The van der Waals surface area contributed by atoms with Gasteiger partial charge in [0.2, 0.25) is 11.8 Å². The molecule has 162 valence electrons. The van der Waals surface area contributed by atoms with Crippen LogP contribution in [-0.4, -0.2) is 80.1 Å². The lowest BCUT2D eigenvalue weighted by Gasteiger charge is -2.40. The Morgan fingerprint density at radius 2 is 1.72 bits per heavy atom. The summed E-state index contributed by atoms with van der Waals surface area (Å²) in [6.45, 7) is 7.14. The highest BCUT2D eigenvalue weighted by atomic mass is 19.2. The first kappa shape index (κ1) is 23.1. The molecule has 10 heteroatoms. The van der Waals surface area contributed by atoms with Gasteiger partial charge in [-0.25, -0.2) is 13.2 Å². The molecule has 1 aliphatic rings. The Hall–Kier alpha value is -2.17. The fraction of sp³-hybridized carbons (Fsp3) is 0.579. The third-order valence-corrected chi connectivity index (χ3v) is 4.72. The Balaban J connectivity index is 1.77. The number of likely N-dealkylation sites (N-methyl/N-ethyl adjacent to an activating group) is 1. The monoisotopic (exact) mass is 416 g/mol. The molecule has 0 unspecified atom stereocenters. The molecule has 0 aliphatic carbocycles. The van der Waals surface area contributed by atoms with E-state index in [1.54, 1.807) is 7.05 Å². The predicted octanol–water partition coefficient (Wildman–Crippen LogP) is 1.20. The van der Waals surface area contributed by atoms with E-state index in [9.17, 15) is 22.8 Å². The van der Waals surface area contributed by atoms with Crippen molar-refractivity contribution >= 4 is 17.5 Å². The summed E-state index contributed by atoms with van der Waals surface area (Å²) in [5, 5.41) is 5.02. The van der Waals surface area contributed by atoms with Crippen molar-refractivity contribution < 1.29 is 27.5 Å². The maximum absolute atomic E-state index is 13.6. The molecule has 1 saturated heterocycles. The van der Waals surface area contributed by atoms with Crippen molar-refractivity contribution in [3.05, 3.63) is 29.6 Å². The number of morpholine rings is 1. The summed E-state index contributed by atoms with van der Waals surface area (Å²) >= 11 is 0. The number of anilines is 1. The lowest BCUT2D eigenvalue weighted by molar-refractivity contribution is -0.123. The van der Waals surface area contributed by atoms with Crippen LogP contribution in [-0.2, 0) is 14.3 Å². The number of hydrogen-bond donors (Lipinski definition) is 2. The standard InChI is InChI=1S/C19H27F3N4O3/c1-19(2,26-6-8-29-9-7-26)12-23-15(27)10-25(3)11-16(28)24-14-5-4-13(20)17(21)18(14)22/h4-5H,6-12H2,1-3H3,(H,23,27)(H,24,28). The molecule has 0 radical (unpaired) electrons. The average molecular weight is 416 g/mol. The quantitative estimate of drug-likeness (QED) is 0.623. The van der Waals surface area contributed by atoms with Gasteiger partial charge in [-0.2, -0.15) is 0 Å². The summed E-state index contributed by atoms with van der Waals surface area (Å²) in [6, 6.07) is 1.66. The molecule has 1 heterocycles. The SMILES string of the molecule is CN(CC(=O)NCC(C)(C)N1CCOCC1)CC(=O)Nc1ccc(F)c(F)c1F. The molecule has 7 nitrogen and oxygen atoms in total. The molecule has 2 N–H and O–H groups in total. The number of halogens is 3. The molecule has 0 aromatic heterocycles. The highest BCUT2D eigenvalue weighted by Gasteiger charge is 2.28. The molecular weight excluding hydrogens is 389 g/mol. The summed E-state index contributed by atoms with van der Waals surface area (Å²) in [5.74, 6) is -5.38. The molecule has 0 spiro atoms. The van der Waals surface area contributed by atoms with Gasteiger partial charge in [0, 0.05) is 25.2 Å². The van der Waals surface area contributed by atoms with E-state index in [1.807, 2.05) is 13.8 Å². The summed E-state index contributed by atoms with van der Waals surface area (Å²) in [5.41, 5.74) is -0.696. The molecular formula is C19H27F3N4O3. The highest BCUT2D eigenvalue weighted by molar-refractivity contribution is 5.92. The minimum Gasteiger partial charge on any atom is -0.379 e. The van der Waals surface area contributed by atoms with Gasteiger partial charge in [-0.15, -0.1) is 0 Å². The van der Waals surface area contributed by atoms with Gasteiger partial charge in [-0.3, -0.25) is 19.4 Å². The van der Waals surface area contributed by atoms with Crippen LogP contribution in [0.4, 0.5) is 18.9 Å². The predicted molar refractivity (Wildman–Crippen MR) is 102 cm³/mol. The summed E-state index contributed by atoms with van der Waals surface area (Å²) in [7, 11) is 1.55. The number of carbonyl (C=O) groups is 2. The largest absolute Gasteiger partial charge is 0.379 e. The van der Waals surface area contributed by atoms with Gasteiger partial charge in [0.15, 0.2) is 17.5 Å². The Bertz CT molecular complexity index is 740. The fourth-order valence-electron chi connectivity index (χ4n) is 3.01. The first-order valence-electron chi connectivity index (χ1n) is 9.31. The van der Waals surface area contributed by atoms with Crippen LogP contribution in [0, 0.1) is 17.5 Å². The van der Waals surface area contributed by atoms with E-state index in [1.165, 1.54) is 4.90 Å². The van der Waals surface area contributed by atoms with E-state index in [4.69, 9.17) is 4.74 Å². The highest BCUT2D eigenvalue weighted by Crippen LogP contribution is 2.19. The second-order valence-electron chi connectivity index (χ2n) is 7.63. The molecule has 2 amide bonds. The van der Waals surface area contributed by atoms with Crippen LogP contribution in [0.3, 0.4) is 0 Å². The number of nitrogens with one attached hydrogen (secondary N) is 2. The van der Waals surface area contributed by atoms with Crippen LogP contribution in [0.2, 0.25) is 0 Å². The zero-order valence-electron chi connectivity index (χ0n) is 16.9. The van der Waals surface area contributed by atoms with Crippen molar-refractivity contribution in [2.24, 2.45) is 0 Å². The molecule has 1 aromatic rings.